The minimum Gasteiger partial charge on any atom is -0.465 e. The fourth-order valence-electron chi connectivity index (χ4n) is 5.57. The molecule has 1 aromatic heterocycles. The Morgan fingerprint density at radius 2 is 2.12 bits per heavy atom. The van der Waals surface area contributed by atoms with Gasteiger partial charge in [-0.05, 0) is 44.8 Å². The molecule has 0 aromatic carbocycles. The molecule has 1 amide bonds. The lowest BCUT2D eigenvalue weighted by Crippen LogP contribution is -2.69. The van der Waals surface area contributed by atoms with Crippen molar-refractivity contribution in [3.63, 3.8) is 0 Å². The van der Waals surface area contributed by atoms with Crippen LogP contribution in [0.25, 0.3) is 0 Å². The molecule has 2 atom stereocenters. The van der Waals surface area contributed by atoms with Gasteiger partial charge in [0, 0.05) is 37.8 Å². The highest BCUT2D eigenvalue weighted by Gasteiger charge is 2.52. The molecule has 34 heavy (non-hydrogen) atoms. The first-order valence-corrected chi connectivity index (χ1v) is 12.2. The number of rotatable bonds is 5. The Labute approximate surface area is 201 Å². The van der Waals surface area contributed by atoms with E-state index >= 15 is 0 Å². The molecule has 10 nitrogen and oxygen atoms in total. The van der Waals surface area contributed by atoms with Crippen molar-refractivity contribution in [2.75, 3.05) is 51.3 Å². The summed E-state index contributed by atoms with van der Waals surface area (Å²) in [5, 5.41) is 23.1. The van der Waals surface area contributed by atoms with Crippen LogP contribution in [0, 0.1) is 16.7 Å². The number of aromatic nitrogens is 2. The van der Waals surface area contributed by atoms with Crippen LogP contribution in [0.3, 0.4) is 0 Å². The molecule has 0 saturated carbocycles. The van der Waals surface area contributed by atoms with Crippen LogP contribution in [0.1, 0.15) is 51.3 Å². The quantitative estimate of drug-likeness (QED) is 0.665. The van der Waals surface area contributed by atoms with Gasteiger partial charge < -0.3 is 25.0 Å². The van der Waals surface area contributed by atoms with Gasteiger partial charge >= 0.3 is 12.1 Å². The molecule has 0 spiro atoms. The van der Waals surface area contributed by atoms with Crippen molar-refractivity contribution >= 4 is 11.9 Å². The van der Waals surface area contributed by atoms with Crippen molar-refractivity contribution in [3.8, 4) is 12.1 Å². The number of piperazine rings is 1. The van der Waals surface area contributed by atoms with E-state index in [1.54, 1.807) is 0 Å². The number of ether oxygens (including phenoxy) is 1. The van der Waals surface area contributed by atoms with Gasteiger partial charge in [0.15, 0.2) is 0 Å². The molecule has 2 saturated heterocycles. The van der Waals surface area contributed by atoms with E-state index in [-0.39, 0.29) is 6.42 Å². The Bertz CT molecular complexity index is 957. The Morgan fingerprint density at radius 1 is 1.32 bits per heavy atom. The SMILES string of the molecule is CN1CCC[C@H]1COc1nc2c(c(N3CCN(C(=O)O)C(CC#N)(C(C)(C)C)C3)n1)CCNC2. The molecule has 0 aliphatic carbocycles. The summed E-state index contributed by atoms with van der Waals surface area (Å²) in [6, 6.07) is 3.01. The number of fused-ring (bicyclic) bond motifs is 1. The lowest BCUT2D eigenvalue weighted by atomic mass is 9.69. The molecule has 1 aromatic rings. The lowest BCUT2D eigenvalue weighted by Gasteiger charge is -2.55. The summed E-state index contributed by atoms with van der Waals surface area (Å²) in [5.74, 6) is 0.817. The van der Waals surface area contributed by atoms with Crippen LogP contribution in [0.2, 0.25) is 0 Å². The number of hydrogen-bond donors (Lipinski definition) is 2. The van der Waals surface area contributed by atoms with E-state index in [0.29, 0.717) is 44.8 Å². The second-order valence-corrected chi connectivity index (χ2v) is 10.7. The van der Waals surface area contributed by atoms with Crippen LogP contribution >= 0.6 is 0 Å². The molecule has 2 N–H and O–H groups in total. The molecule has 2 fully saturated rings. The smallest absolute Gasteiger partial charge is 0.407 e. The van der Waals surface area contributed by atoms with Crippen LogP contribution in [-0.4, -0.2) is 88.9 Å². The van der Waals surface area contributed by atoms with Gasteiger partial charge in [-0.15, -0.1) is 0 Å². The largest absolute Gasteiger partial charge is 0.465 e. The maximum absolute atomic E-state index is 12.2. The molecular formula is C24H37N7O3. The van der Waals surface area contributed by atoms with Gasteiger partial charge in [-0.1, -0.05) is 20.8 Å². The summed E-state index contributed by atoms with van der Waals surface area (Å²) in [4.78, 5) is 27.7. The number of anilines is 1. The van der Waals surface area contributed by atoms with Crippen LogP contribution in [0.4, 0.5) is 10.6 Å². The fourth-order valence-corrected chi connectivity index (χ4v) is 5.57. The average Bonchev–Trinajstić information content (AvgIpc) is 3.21. The number of carbonyl (C=O) groups is 1. The molecule has 3 aliphatic heterocycles. The molecule has 0 bridgehead atoms. The normalized spacial score (nSPS) is 25.7. The maximum Gasteiger partial charge on any atom is 0.407 e. The van der Waals surface area contributed by atoms with Crippen LogP contribution in [0.15, 0.2) is 0 Å². The van der Waals surface area contributed by atoms with Gasteiger partial charge in [-0.2, -0.15) is 15.2 Å². The summed E-state index contributed by atoms with van der Waals surface area (Å²) in [5.41, 5.74) is 0.728. The van der Waals surface area contributed by atoms with E-state index < -0.39 is 17.0 Å². The third kappa shape index (κ3) is 4.51. The highest BCUT2D eigenvalue weighted by Crippen LogP contribution is 2.43. The first kappa shape index (κ1) is 24.5. The van der Waals surface area contributed by atoms with Crippen molar-refractivity contribution in [1.82, 2.24) is 25.1 Å². The third-order valence-electron chi connectivity index (χ3n) is 7.83. The zero-order valence-electron chi connectivity index (χ0n) is 20.8. The summed E-state index contributed by atoms with van der Waals surface area (Å²) in [6.45, 7) is 10.4. The highest BCUT2D eigenvalue weighted by atomic mass is 16.5. The Hall–Kier alpha value is -2.64. The van der Waals surface area contributed by atoms with E-state index in [9.17, 15) is 15.2 Å². The second kappa shape index (κ2) is 9.55. The Kier molecular flexibility index (Phi) is 6.87. The molecular weight excluding hydrogens is 434 g/mol. The predicted molar refractivity (Wildman–Crippen MR) is 128 cm³/mol. The number of likely N-dealkylation sites (N-methyl/N-ethyl adjacent to an activating group) is 1. The summed E-state index contributed by atoms with van der Waals surface area (Å²) >= 11 is 0. The third-order valence-corrected chi connectivity index (χ3v) is 7.83. The van der Waals surface area contributed by atoms with E-state index in [0.717, 1.165) is 43.0 Å². The molecule has 0 radical (unpaired) electrons. The number of nitrogens with zero attached hydrogens (tertiary/aromatic N) is 6. The molecule has 4 heterocycles. The Balaban J connectivity index is 1.68. The van der Waals surface area contributed by atoms with Gasteiger partial charge in [0.25, 0.3) is 0 Å². The molecule has 1 unspecified atom stereocenters. The van der Waals surface area contributed by atoms with Gasteiger partial charge in [0.05, 0.1) is 23.7 Å². The van der Waals surface area contributed by atoms with Crippen molar-refractivity contribution < 1.29 is 14.6 Å². The first-order valence-electron chi connectivity index (χ1n) is 12.2. The molecule has 4 rings (SSSR count). The number of likely N-dealkylation sites (tertiary alicyclic amines) is 1. The van der Waals surface area contributed by atoms with Crippen molar-refractivity contribution in [2.45, 2.75) is 64.6 Å². The minimum atomic E-state index is -0.983. The van der Waals surface area contributed by atoms with Crippen molar-refractivity contribution in [3.05, 3.63) is 11.3 Å². The molecule has 10 heteroatoms. The number of amides is 1. The van der Waals surface area contributed by atoms with Crippen molar-refractivity contribution in [1.29, 1.82) is 5.26 Å². The highest BCUT2D eigenvalue weighted by molar-refractivity contribution is 5.68. The Morgan fingerprint density at radius 3 is 2.76 bits per heavy atom. The monoisotopic (exact) mass is 471 g/mol. The van der Waals surface area contributed by atoms with Gasteiger partial charge in [0.2, 0.25) is 0 Å². The van der Waals surface area contributed by atoms with Gasteiger partial charge in [-0.3, -0.25) is 4.90 Å². The van der Waals surface area contributed by atoms with E-state index in [2.05, 4.69) is 28.2 Å². The van der Waals surface area contributed by atoms with Crippen LogP contribution < -0.4 is 15.0 Å². The average molecular weight is 472 g/mol. The van der Waals surface area contributed by atoms with Crippen LogP contribution in [0.5, 0.6) is 6.01 Å². The summed E-state index contributed by atoms with van der Waals surface area (Å²) in [7, 11) is 2.12. The number of hydrogen-bond acceptors (Lipinski definition) is 8. The van der Waals surface area contributed by atoms with Crippen molar-refractivity contribution in [2.24, 2.45) is 5.41 Å². The summed E-state index contributed by atoms with van der Waals surface area (Å²) in [6.07, 6.45) is 2.21. The van der Waals surface area contributed by atoms with Gasteiger partial charge in [-0.25, -0.2) is 4.79 Å². The van der Waals surface area contributed by atoms with E-state index in [1.165, 1.54) is 11.3 Å². The standard InChI is InChI=1S/C24H37N7O3/c1-23(2,3)24(8-9-25)16-30(12-13-31(24)22(32)33)20-18-7-10-26-14-19(18)27-21(28-20)34-15-17-6-5-11-29(17)4/h17,26H,5-8,10-16H2,1-4H3,(H,32,33)/t17-,24?/m0/s1. The minimum absolute atomic E-state index is 0.117. The molecule has 186 valence electrons. The zero-order chi connectivity index (χ0) is 24.5. The first-order chi connectivity index (χ1) is 16.2. The van der Waals surface area contributed by atoms with E-state index in [4.69, 9.17) is 14.7 Å². The number of nitriles is 1. The topological polar surface area (TPSA) is 118 Å². The zero-order valence-corrected chi connectivity index (χ0v) is 20.8. The fraction of sp³-hybridized carbons (Fsp3) is 0.750. The van der Waals surface area contributed by atoms with E-state index in [1.807, 2.05) is 20.8 Å². The lowest BCUT2D eigenvalue weighted by molar-refractivity contribution is -0.00290. The van der Waals surface area contributed by atoms with Crippen LogP contribution in [-0.2, 0) is 13.0 Å². The molecule has 3 aliphatic rings. The number of carboxylic acid groups (broad SMARTS) is 1. The summed E-state index contributed by atoms with van der Waals surface area (Å²) < 4.78 is 6.11. The maximum atomic E-state index is 12.2. The second-order valence-electron chi connectivity index (χ2n) is 10.7. The predicted octanol–water partition coefficient (Wildman–Crippen LogP) is 2.09. The van der Waals surface area contributed by atoms with Gasteiger partial charge in [0.1, 0.15) is 12.4 Å². The number of nitrogens with one attached hydrogen (secondary N) is 1.